The van der Waals surface area contributed by atoms with Crippen LogP contribution in [0, 0.1) is 0 Å². The highest BCUT2D eigenvalue weighted by molar-refractivity contribution is 7.92. The molecule has 206 valence electrons. The summed E-state index contributed by atoms with van der Waals surface area (Å²) in [6.07, 6.45) is 1.79. The Hall–Kier alpha value is -3.60. The van der Waals surface area contributed by atoms with E-state index in [9.17, 15) is 18.0 Å². The van der Waals surface area contributed by atoms with Gasteiger partial charge in [-0.1, -0.05) is 35.9 Å². The minimum absolute atomic E-state index is 0.0345. The van der Waals surface area contributed by atoms with Crippen molar-refractivity contribution >= 4 is 44.8 Å². The lowest BCUT2D eigenvalue weighted by atomic mass is 10.1. The first-order chi connectivity index (χ1) is 18.8. The highest BCUT2D eigenvalue weighted by atomic mass is 35.5. The minimum Gasteiger partial charge on any atom is -0.492 e. The zero-order chi connectivity index (χ0) is 27.8. The molecular formula is C28H30ClN3O6S. The van der Waals surface area contributed by atoms with Gasteiger partial charge in [0.1, 0.15) is 12.3 Å². The molecule has 0 bridgehead atoms. The standard InChI is InChI=1S/C28H30ClN3O6S/c1-2-37-26-12-6-5-11-25(26)32(39(35,36)22-15-13-20(29)14-16-22)19-27(33)31-24-10-4-3-9-23(24)28(34)30-18-21-8-7-17-38-21/h3-6,9-16,21H,2,7-8,17-19H2,1H3,(H,30,34)(H,31,33)/t21-/m0/s1. The van der Waals surface area contributed by atoms with Gasteiger partial charge in [-0.3, -0.25) is 13.9 Å². The fourth-order valence-electron chi connectivity index (χ4n) is 4.19. The summed E-state index contributed by atoms with van der Waals surface area (Å²) in [5.41, 5.74) is 0.715. The summed E-state index contributed by atoms with van der Waals surface area (Å²) in [5, 5.41) is 5.93. The molecule has 1 aliphatic rings. The number of benzene rings is 3. The smallest absolute Gasteiger partial charge is 0.264 e. The average Bonchev–Trinajstić information content (AvgIpc) is 3.45. The molecule has 0 spiro atoms. The summed E-state index contributed by atoms with van der Waals surface area (Å²) < 4.78 is 39.7. The lowest BCUT2D eigenvalue weighted by Gasteiger charge is -2.26. The molecule has 4 rings (SSSR count). The summed E-state index contributed by atoms with van der Waals surface area (Å²) >= 11 is 5.97. The van der Waals surface area contributed by atoms with Crippen LogP contribution in [0.3, 0.4) is 0 Å². The van der Waals surface area contributed by atoms with Gasteiger partial charge in [0, 0.05) is 18.2 Å². The van der Waals surface area contributed by atoms with Crippen LogP contribution in [0.2, 0.25) is 5.02 Å². The molecule has 1 saturated heterocycles. The van der Waals surface area contributed by atoms with Gasteiger partial charge < -0.3 is 20.1 Å². The van der Waals surface area contributed by atoms with Crippen LogP contribution in [0.15, 0.2) is 77.7 Å². The quantitative estimate of drug-likeness (QED) is 0.351. The molecule has 0 saturated carbocycles. The maximum absolute atomic E-state index is 13.7. The van der Waals surface area contributed by atoms with Crippen molar-refractivity contribution in [3.05, 3.63) is 83.4 Å². The molecule has 39 heavy (non-hydrogen) atoms. The summed E-state index contributed by atoms with van der Waals surface area (Å²) in [7, 11) is -4.20. The second-order valence-electron chi connectivity index (χ2n) is 8.81. The molecular weight excluding hydrogens is 542 g/mol. The summed E-state index contributed by atoms with van der Waals surface area (Å²) in [6.45, 7) is 2.55. The number of rotatable bonds is 11. The second-order valence-corrected chi connectivity index (χ2v) is 11.1. The van der Waals surface area contributed by atoms with E-state index in [0.717, 1.165) is 17.1 Å². The average molecular weight is 572 g/mol. The highest BCUT2D eigenvalue weighted by Crippen LogP contribution is 2.33. The number of carbonyl (C=O) groups excluding carboxylic acids is 2. The number of amides is 2. The summed E-state index contributed by atoms with van der Waals surface area (Å²) in [4.78, 5) is 26.2. The maximum Gasteiger partial charge on any atom is 0.264 e. The van der Waals surface area contributed by atoms with Crippen molar-refractivity contribution in [1.82, 2.24) is 5.32 Å². The Balaban J connectivity index is 1.59. The van der Waals surface area contributed by atoms with Gasteiger partial charge in [-0.2, -0.15) is 0 Å². The number of nitrogens with zero attached hydrogens (tertiary/aromatic N) is 1. The Bertz CT molecular complexity index is 1410. The largest absolute Gasteiger partial charge is 0.492 e. The fraction of sp³-hybridized carbons (Fsp3) is 0.286. The second kappa shape index (κ2) is 13.0. The van der Waals surface area contributed by atoms with Gasteiger partial charge in [0.25, 0.3) is 15.9 Å². The summed E-state index contributed by atoms with van der Waals surface area (Å²) in [6, 6.07) is 18.8. The van der Waals surface area contributed by atoms with Crippen LogP contribution in [-0.2, 0) is 19.6 Å². The van der Waals surface area contributed by atoms with E-state index in [1.807, 2.05) is 0 Å². The Morgan fingerprint density at radius 2 is 1.77 bits per heavy atom. The number of anilines is 2. The third kappa shape index (κ3) is 7.08. The number of sulfonamides is 1. The number of carbonyl (C=O) groups is 2. The molecule has 2 N–H and O–H groups in total. The monoisotopic (exact) mass is 571 g/mol. The van der Waals surface area contributed by atoms with E-state index in [2.05, 4.69) is 10.6 Å². The zero-order valence-electron chi connectivity index (χ0n) is 21.4. The van der Waals surface area contributed by atoms with Crippen molar-refractivity contribution in [2.75, 3.05) is 35.9 Å². The van der Waals surface area contributed by atoms with Crippen LogP contribution in [-0.4, -0.2) is 52.6 Å². The van der Waals surface area contributed by atoms with Crippen LogP contribution in [0.4, 0.5) is 11.4 Å². The van der Waals surface area contributed by atoms with E-state index >= 15 is 0 Å². The molecule has 0 unspecified atom stereocenters. The normalized spacial score (nSPS) is 15.0. The molecule has 0 aliphatic carbocycles. The molecule has 3 aromatic carbocycles. The first kappa shape index (κ1) is 28.4. The first-order valence-electron chi connectivity index (χ1n) is 12.6. The van der Waals surface area contributed by atoms with Crippen molar-refractivity contribution in [2.24, 2.45) is 0 Å². The Morgan fingerprint density at radius 3 is 2.49 bits per heavy atom. The first-order valence-corrected chi connectivity index (χ1v) is 14.4. The SMILES string of the molecule is CCOc1ccccc1N(CC(=O)Nc1ccccc1C(=O)NC[C@@H]1CCCO1)S(=O)(=O)c1ccc(Cl)cc1. The molecule has 0 aromatic heterocycles. The number of nitrogens with one attached hydrogen (secondary N) is 2. The Labute approximate surface area is 233 Å². The number of ether oxygens (including phenoxy) is 2. The number of halogens is 1. The van der Waals surface area contributed by atoms with Gasteiger partial charge in [-0.15, -0.1) is 0 Å². The van der Waals surface area contributed by atoms with Gasteiger partial charge in [0.05, 0.1) is 34.5 Å². The van der Waals surface area contributed by atoms with E-state index in [0.29, 0.717) is 30.5 Å². The lowest BCUT2D eigenvalue weighted by molar-refractivity contribution is -0.114. The van der Waals surface area contributed by atoms with Crippen LogP contribution >= 0.6 is 11.6 Å². The Morgan fingerprint density at radius 1 is 1.05 bits per heavy atom. The highest BCUT2D eigenvalue weighted by Gasteiger charge is 2.30. The van der Waals surface area contributed by atoms with E-state index in [4.69, 9.17) is 21.1 Å². The summed E-state index contributed by atoms with van der Waals surface area (Å²) in [5.74, 6) is -0.703. The number of para-hydroxylation sites is 3. The predicted octanol–water partition coefficient (Wildman–Crippen LogP) is 4.48. The third-order valence-electron chi connectivity index (χ3n) is 6.08. The molecule has 1 aliphatic heterocycles. The van der Waals surface area contributed by atoms with Crippen molar-refractivity contribution in [3.63, 3.8) is 0 Å². The molecule has 11 heteroatoms. The van der Waals surface area contributed by atoms with Crippen LogP contribution in [0.1, 0.15) is 30.1 Å². The third-order valence-corrected chi connectivity index (χ3v) is 8.11. The molecule has 0 radical (unpaired) electrons. The molecule has 1 fully saturated rings. The minimum atomic E-state index is -4.20. The van der Waals surface area contributed by atoms with Crippen molar-refractivity contribution < 1.29 is 27.5 Å². The zero-order valence-corrected chi connectivity index (χ0v) is 23.0. The molecule has 2 amide bonds. The molecule has 3 aromatic rings. The lowest BCUT2D eigenvalue weighted by Crippen LogP contribution is -2.39. The van der Waals surface area contributed by atoms with Crippen molar-refractivity contribution in [1.29, 1.82) is 0 Å². The van der Waals surface area contributed by atoms with Crippen LogP contribution in [0.5, 0.6) is 5.75 Å². The topological polar surface area (TPSA) is 114 Å². The molecule has 1 heterocycles. The Kier molecular flexibility index (Phi) is 9.45. The van der Waals surface area contributed by atoms with Gasteiger partial charge in [0.15, 0.2) is 0 Å². The van der Waals surface area contributed by atoms with E-state index in [1.54, 1.807) is 55.5 Å². The molecule has 9 nitrogen and oxygen atoms in total. The predicted molar refractivity (Wildman–Crippen MR) is 150 cm³/mol. The number of hydrogen-bond donors (Lipinski definition) is 2. The number of hydrogen-bond acceptors (Lipinski definition) is 6. The fourth-order valence-corrected chi connectivity index (χ4v) is 5.75. The van der Waals surface area contributed by atoms with Gasteiger partial charge >= 0.3 is 0 Å². The van der Waals surface area contributed by atoms with Gasteiger partial charge in [-0.05, 0) is 68.3 Å². The van der Waals surface area contributed by atoms with Crippen molar-refractivity contribution in [3.8, 4) is 5.75 Å². The van der Waals surface area contributed by atoms with Gasteiger partial charge in [-0.25, -0.2) is 8.42 Å². The van der Waals surface area contributed by atoms with E-state index in [-0.39, 0.29) is 33.8 Å². The van der Waals surface area contributed by atoms with Crippen molar-refractivity contribution in [2.45, 2.75) is 30.8 Å². The molecule has 1 atom stereocenters. The van der Waals surface area contributed by atoms with Gasteiger partial charge in [0.2, 0.25) is 5.91 Å². The maximum atomic E-state index is 13.7. The van der Waals surface area contributed by atoms with E-state index < -0.39 is 22.5 Å². The van der Waals surface area contributed by atoms with Crippen LogP contribution in [0.25, 0.3) is 0 Å². The van der Waals surface area contributed by atoms with E-state index in [1.165, 1.54) is 24.3 Å². The van der Waals surface area contributed by atoms with Crippen LogP contribution < -0.4 is 19.7 Å².